The molecular weight excluding hydrogens is 276 g/mol. The number of aromatic nitrogens is 1. The van der Waals surface area contributed by atoms with E-state index in [4.69, 9.17) is 4.74 Å². The van der Waals surface area contributed by atoms with E-state index in [0.29, 0.717) is 38.4 Å². The third kappa shape index (κ3) is 4.02. The second kappa shape index (κ2) is 6.68. The average Bonchev–Trinajstić information content (AvgIpc) is 2.46. The van der Waals surface area contributed by atoms with Crippen molar-refractivity contribution in [3.63, 3.8) is 0 Å². The van der Waals surface area contributed by atoms with Crippen molar-refractivity contribution in [1.82, 2.24) is 4.98 Å². The van der Waals surface area contributed by atoms with Crippen LogP contribution in [0.3, 0.4) is 0 Å². The summed E-state index contributed by atoms with van der Waals surface area (Å²) in [4.78, 5) is 14.8. The molecule has 0 aromatic carbocycles. The van der Waals surface area contributed by atoms with Crippen molar-refractivity contribution in [3.8, 4) is 0 Å². The third-order valence-corrected chi connectivity index (χ3v) is 3.44. The van der Waals surface area contributed by atoms with Gasteiger partial charge in [-0.05, 0) is 13.0 Å². The molecule has 0 spiro atoms. The van der Waals surface area contributed by atoms with Crippen LogP contribution in [0.2, 0.25) is 0 Å². The molecule has 0 bridgehead atoms. The number of hydrogen-bond acceptors (Lipinski definition) is 7. The van der Waals surface area contributed by atoms with Crippen LogP contribution < -0.4 is 10.6 Å². The van der Waals surface area contributed by atoms with E-state index in [0.717, 1.165) is 0 Å². The van der Waals surface area contributed by atoms with Gasteiger partial charge in [-0.1, -0.05) is 0 Å². The fourth-order valence-corrected chi connectivity index (χ4v) is 2.19. The molecule has 1 aromatic heterocycles. The van der Waals surface area contributed by atoms with Gasteiger partial charge in [0.15, 0.2) is 0 Å². The van der Waals surface area contributed by atoms with E-state index in [1.165, 1.54) is 6.07 Å². The van der Waals surface area contributed by atoms with E-state index in [-0.39, 0.29) is 18.1 Å². The molecule has 0 saturated carbocycles. The predicted molar refractivity (Wildman–Crippen MR) is 78.5 cm³/mol. The molecule has 1 fully saturated rings. The third-order valence-electron chi connectivity index (χ3n) is 3.44. The van der Waals surface area contributed by atoms with Crippen LogP contribution >= 0.6 is 0 Å². The summed E-state index contributed by atoms with van der Waals surface area (Å²) in [5, 5.41) is 27.3. The van der Waals surface area contributed by atoms with Crippen LogP contribution in [0.1, 0.15) is 19.8 Å². The monoisotopic (exact) mass is 296 g/mol. The van der Waals surface area contributed by atoms with E-state index in [1.54, 1.807) is 6.07 Å². The van der Waals surface area contributed by atoms with Crippen molar-refractivity contribution < 1.29 is 14.8 Å². The zero-order chi connectivity index (χ0) is 15.3. The van der Waals surface area contributed by atoms with E-state index < -0.39 is 10.5 Å². The first-order valence-electron chi connectivity index (χ1n) is 6.97. The number of ether oxygens (including phenoxy) is 1. The zero-order valence-electron chi connectivity index (χ0n) is 12.0. The zero-order valence-corrected chi connectivity index (χ0v) is 12.0. The fraction of sp³-hybridized carbons (Fsp3) is 0.615. The summed E-state index contributed by atoms with van der Waals surface area (Å²) >= 11 is 0. The predicted octanol–water partition coefficient (Wildman–Crippen LogP) is 1.37. The Kier molecular flexibility index (Phi) is 4.92. The van der Waals surface area contributed by atoms with Crippen molar-refractivity contribution in [3.05, 3.63) is 22.2 Å². The number of nitro groups is 1. The molecule has 3 N–H and O–H groups in total. The van der Waals surface area contributed by atoms with E-state index >= 15 is 0 Å². The number of hydrogen-bond donors (Lipinski definition) is 3. The Balaban J connectivity index is 2.12. The SMILES string of the molecule is CCNc1ccc([N+](=O)[O-])c(NCC2(O)CCOCC2)n1. The highest BCUT2D eigenvalue weighted by molar-refractivity contribution is 5.60. The van der Waals surface area contributed by atoms with E-state index in [1.807, 2.05) is 6.92 Å². The van der Waals surface area contributed by atoms with Crippen molar-refractivity contribution in [2.45, 2.75) is 25.4 Å². The molecule has 116 valence electrons. The number of rotatable bonds is 6. The lowest BCUT2D eigenvalue weighted by molar-refractivity contribution is -0.384. The number of nitrogens with zero attached hydrogens (tertiary/aromatic N) is 2. The maximum Gasteiger partial charge on any atom is 0.311 e. The summed E-state index contributed by atoms with van der Waals surface area (Å²) in [6.45, 7) is 3.78. The Morgan fingerprint density at radius 3 is 2.76 bits per heavy atom. The normalized spacial score (nSPS) is 17.2. The Hall–Kier alpha value is -1.93. The molecule has 1 aromatic rings. The molecule has 8 nitrogen and oxygen atoms in total. The maximum atomic E-state index is 11.0. The lowest BCUT2D eigenvalue weighted by atomic mass is 9.94. The van der Waals surface area contributed by atoms with Gasteiger partial charge < -0.3 is 20.5 Å². The number of nitrogens with one attached hydrogen (secondary N) is 2. The van der Waals surface area contributed by atoms with Crippen molar-refractivity contribution in [2.24, 2.45) is 0 Å². The lowest BCUT2D eigenvalue weighted by Gasteiger charge is -2.32. The molecular formula is C13H20N4O4. The Morgan fingerprint density at radius 1 is 1.43 bits per heavy atom. The largest absolute Gasteiger partial charge is 0.388 e. The summed E-state index contributed by atoms with van der Waals surface area (Å²) in [5.74, 6) is 0.725. The second-order valence-electron chi connectivity index (χ2n) is 5.04. The smallest absolute Gasteiger partial charge is 0.311 e. The molecule has 1 aliphatic heterocycles. The van der Waals surface area contributed by atoms with Gasteiger partial charge in [-0.15, -0.1) is 0 Å². The van der Waals surface area contributed by atoms with Gasteiger partial charge in [0.25, 0.3) is 0 Å². The van der Waals surface area contributed by atoms with Crippen molar-refractivity contribution in [1.29, 1.82) is 0 Å². The summed E-state index contributed by atoms with van der Waals surface area (Å²) in [6.07, 6.45) is 1.00. The van der Waals surface area contributed by atoms with Gasteiger partial charge >= 0.3 is 5.69 Å². The van der Waals surface area contributed by atoms with Gasteiger partial charge in [0.05, 0.1) is 10.5 Å². The minimum absolute atomic E-state index is 0.104. The Bertz CT molecular complexity index is 503. The van der Waals surface area contributed by atoms with Gasteiger partial charge in [-0.25, -0.2) is 4.98 Å². The molecule has 8 heteroatoms. The summed E-state index contributed by atoms with van der Waals surface area (Å²) in [5.41, 5.74) is -1.02. The van der Waals surface area contributed by atoms with E-state index in [2.05, 4.69) is 15.6 Å². The topological polar surface area (TPSA) is 110 Å². The van der Waals surface area contributed by atoms with Crippen LogP contribution in [0.5, 0.6) is 0 Å². The molecule has 0 radical (unpaired) electrons. The van der Waals surface area contributed by atoms with Crippen LogP contribution in [0, 0.1) is 10.1 Å². The standard InChI is InChI=1S/C13H20N4O4/c1-2-14-11-4-3-10(17(19)20)12(16-11)15-9-13(18)5-7-21-8-6-13/h3-4,18H,2,5-9H2,1H3,(H2,14,15,16). The van der Waals surface area contributed by atoms with Crippen molar-refractivity contribution >= 4 is 17.3 Å². The number of aliphatic hydroxyl groups is 1. The number of pyridine rings is 1. The van der Waals surface area contributed by atoms with Crippen LogP contribution in [0.15, 0.2) is 12.1 Å². The van der Waals surface area contributed by atoms with Gasteiger partial charge in [-0.2, -0.15) is 0 Å². The Labute approximate surface area is 122 Å². The minimum atomic E-state index is -0.915. The highest BCUT2D eigenvalue weighted by Gasteiger charge is 2.30. The van der Waals surface area contributed by atoms with Crippen molar-refractivity contribution in [2.75, 3.05) is 36.9 Å². The summed E-state index contributed by atoms with van der Waals surface area (Å²) < 4.78 is 5.21. The van der Waals surface area contributed by atoms with Gasteiger partial charge in [0, 0.05) is 45.2 Å². The van der Waals surface area contributed by atoms with Crippen LogP contribution in [-0.4, -0.2) is 46.9 Å². The number of anilines is 2. The first kappa shape index (κ1) is 15.5. The summed E-state index contributed by atoms with van der Waals surface area (Å²) in [6, 6.07) is 2.97. The highest BCUT2D eigenvalue weighted by Crippen LogP contribution is 2.26. The molecule has 0 amide bonds. The molecule has 0 unspecified atom stereocenters. The minimum Gasteiger partial charge on any atom is -0.388 e. The Morgan fingerprint density at radius 2 is 2.14 bits per heavy atom. The molecule has 0 atom stereocenters. The van der Waals surface area contributed by atoms with Gasteiger partial charge in [-0.3, -0.25) is 10.1 Å². The average molecular weight is 296 g/mol. The molecule has 2 rings (SSSR count). The van der Waals surface area contributed by atoms with Crippen LogP contribution in [-0.2, 0) is 4.74 Å². The lowest BCUT2D eigenvalue weighted by Crippen LogP contribution is -2.42. The summed E-state index contributed by atoms with van der Waals surface area (Å²) in [7, 11) is 0. The van der Waals surface area contributed by atoms with Gasteiger partial charge in [0.2, 0.25) is 5.82 Å². The first-order valence-corrected chi connectivity index (χ1v) is 6.97. The first-order chi connectivity index (χ1) is 10.0. The molecule has 2 heterocycles. The molecule has 1 saturated heterocycles. The highest BCUT2D eigenvalue weighted by atomic mass is 16.6. The van der Waals surface area contributed by atoms with Gasteiger partial charge in [0.1, 0.15) is 5.82 Å². The van der Waals surface area contributed by atoms with Crippen LogP contribution in [0.4, 0.5) is 17.3 Å². The fourth-order valence-electron chi connectivity index (χ4n) is 2.19. The van der Waals surface area contributed by atoms with Crippen LogP contribution in [0.25, 0.3) is 0 Å². The maximum absolute atomic E-state index is 11.0. The second-order valence-corrected chi connectivity index (χ2v) is 5.04. The quantitative estimate of drug-likeness (QED) is 0.537. The van der Waals surface area contributed by atoms with E-state index in [9.17, 15) is 15.2 Å². The molecule has 1 aliphatic rings. The molecule has 0 aliphatic carbocycles. The molecule has 21 heavy (non-hydrogen) atoms.